The number of nitro benzene ring substituents is 1. The van der Waals surface area contributed by atoms with Gasteiger partial charge in [0.2, 0.25) is 5.89 Å². The summed E-state index contributed by atoms with van der Waals surface area (Å²) in [5.41, 5.74) is 0.00595. The van der Waals surface area contributed by atoms with Crippen LogP contribution >= 0.6 is 0 Å². The zero-order valence-corrected chi connectivity index (χ0v) is 16.6. The van der Waals surface area contributed by atoms with Gasteiger partial charge in [0.1, 0.15) is 11.6 Å². The second kappa shape index (κ2) is 9.73. The zero-order valence-electron chi connectivity index (χ0n) is 16.6. The van der Waals surface area contributed by atoms with Crippen molar-refractivity contribution in [2.24, 2.45) is 0 Å². The van der Waals surface area contributed by atoms with Gasteiger partial charge in [-0.25, -0.2) is 8.78 Å². The first kappa shape index (κ1) is 22.5. The van der Waals surface area contributed by atoms with Crippen molar-refractivity contribution in [3.05, 3.63) is 75.7 Å². The summed E-state index contributed by atoms with van der Waals surface area (Å²) in [7, 11) is 0. The quantitative estimate of drug-likeness (QED) is 0.316. The molecule has 0 aliphatic heterocycles. The molecule has 1 aromatic heterocycles. The lowest BCUT2D eigenvalue weighted by Gasteiger charge is -2.10. The van der Waals surface area contributed by atoms with E-state index in [0.29, 0.717) is 11.6 Å². The molecule has 1 atom stereocenters. The minimum Gasteiger partial charge on any atom is -0.453 e. The molecular weight excluding hydrogens is 430 g/mol. The number of hydrogen-bond donors (Lipinski definition) is 1. The summed E-state index contributed by atoms with van der Waals surface area (Å²) < 4.78 is 37.1. The molecule has 166 valence electrons. The van der Waals surface area contributed by atoms with Gasteiger partial charge in [-0.1, -0.05) is 0 Å². The van der Waals surface area contributed by atoms with Gasteiger partial charge in [-0.05, 0) is 31.2 Å². The fourth-order valence-corrected chi connectivity index (χ4v) is 2.59. The van der Waals surface area contributed by atoms with Gasteiger partial charge in [-0.3, -0.25) is 19.7 Å². The molecule has 0 spiro atoms. The lowest BCUT2D eigenvalue weighted by Crippen LogP contribution is -2.27. The van der Waals surface area contributed by atoms with E-state index in [9.17, 15) is 28.5 Å². The van der Waals surface area contributed by atoms with Crippen LogP contribution in [0.5, 0.6) is 0 Å². The Balaban J connectivity index is 1.50. The smallest absolute Gasteiger partial charge is 0.308 e. The van der Waals surface area contributed by atoms with Gasteiger partial charge in [0.15, 0.2) is 6.10 Å². The van der Waals surface area contributed by atoms with Crippen molar-refractivity contribution < 1.29 is 32.4 Å². The molecule has 10 nitrogen and oxygen atoms in total. The van der Waals surface area contributed by atoms with E-state index in [1.165, 1.54) is 31.2 Å². The Hall–Kier alpha value is -4.22. The molecule has 12 heteroatoms. The number of nitrogens with one attached hydrogen (secondary N) is 1. The molecule has 1 N–H and O–H groups in total. The fraction of sp³-hybridized carbons (Fsp3) is 0.200. The van der Waals surface area contributed by atoms with E-state index in [1.54, 1.807) is 0 Å². The summed E-state index contributed by atoms with van der Waals surface area (Å²) in [5, 5.41) is 20.7. The summed E-state index contributed by atoms with van der Waals surface area (Å²) in [6.45, 7) is 1.36. The first-order valence-corrected chi connectivity index (χ1v) is 9.25. The number of aromatic nitrogens is 2. The number of hydrogen-bond acceptors (Lipinski definition) is 8. The number of carbonyl (C=O) groups is 2. The third-order valence-corrected chi connectivity index (χ3v) is 4.21. The lowest BCUT2D eigenvalue weighted by atomic mass is 10.2. The number of carbonyl (C=O) groups excluding carboxylic acids is 2. The van der Waals surface area contributed by atoms with Crippen LogP contribution in [0.15, 0.2) is 46.9 Å². The first-order chi connectivity index (χ1) is 15.2. The maximum Gasteiger partial charge on any atom is 0.308 e. The second-order valence-corrected chi connectivity index (χ2v) is 6.51. The molecule has 1 amide bonds. The number of ether oxygens (including phenoxy) is 1. The highest BCUT2D eigenvalue weighted by Crippen LogP contribution is 2.24. The molecule has 0 radical (unpaired) electrons. The van der Waals surface area contributed by atoms with Gasteiger partial charge >= 0.3 is 5.97 Å². The Kier molecular flexibility index (Phi) is 6.83. The number of nitrogens with zero attached hydrogens (tertiary/aromatic N) is 3. The number of amides is 1. The average molecular weight is 446 g/mol. The Bertz CT molecular complexity index is 1150. The molecule has 2 aromatic carbocycles. The van der Waals surface area contributed by atoms with Crippen LogP contribution in [0.2, 0.25) is 0 Å². The molecule has 0 bridgehead atoms. The lowest BCUT2D eigenvalue weighted by molar-refractivity contribution is -0.384. The molecule has 0 aliphatic carbocycles. The van der Waals surface area contributed by atoms with Crippen molar-refractivity contribution >= 4 is 17.6 Å². The molecule has 0 saturated heterocycles. The zero-order chi connectivity index (χ0) is 23.3. The van der Waals surface area contributed by atoms with Crippen molar-refractivity contribution in [3.8, 4) is 11.5 Å². The van der Waals surface area contributed by atoms with Crippen molar-refractivity contribution in [1.82, 2.24) is 15.5 Å². The highest BCUT2D eigenvalue weighted by Gasteiger charge is 2.20. The van der Waals surface area contributed by atoms with Gasteiger partial charge < -0.3 is 14.5 Å². The Morgan fingerprint density at radius 2 is 1.91 bits per heavy atom. The summed E-state index contributed by atoms with van der Waals surface area (Å²) in [4.78, 5) is 34.1. The average Bonchev–Trinajstić information content (AvgIpc) is 3.24. The Labute approximate surface area is 179 Å². The monoisotopic (exact) mass is 446 g/mol. The summed E-state index contributed by atoms with van der Waals surface area (Å²) >= 11 is 0. The minimum absolute atomic E-state index is 0.00382. The molecule has 3 aromatic rings. The van der Waals surface area contributed by atoms with Crippen LogP contribution in [0.25, 0.3) is 11.5 Å². The van der Waals surface area contributed by atoms with Crippen molar-refractivity contribution in [2.75, 3.05) is 6.54 Å². The highest BCUT2D eigenvalue weighted by atomic mass is 19.1. The van der Waals surface area contributed by atoms with Crippen LogP contribution in [-0.4, -0.2) is 33.5 Å². The third-order valence-electron chi connectivity index (χ3n) is 4.21. The van der Waals surface area contributed by atoms with E-state index in [4.69, 9.17) is 9.15 Å². The number of non-ortho nitro benzene ring substituents is 1. The molecule has 32 heavy (non-hydrogen) atoms. The Morgan fingerprint density at radius 1 is 1.19 bits per heavy atom. The molecule has 3 rings (SSSR count). The fourth-order valence-electron chi connectivity index (χ4n) is 2.59. The van der Waals surface area contributed by atoms with Gasteiger partial charge in [-0.15, -0.1) is 10.2 Å². The van der Waals surface area contributed by atoms with Crippen LogP contribution in [0.4, 0.5) is 14.5 Å². The minimum atomic E-state index is -1.01. The molecule has 1 unspecified atom stereocenters. The van der Waals surface area contributed by atoms with Gasteiger partial charge in [-0.2, -0.15) is 0 Å². The highest BCUT2D eigenvalue weighted by molar-refractivity contribution is 5.94. The van der Waals surface area contributed by atoms with Crippen molar-refractivity contribution in [1.29, 1.82) is 0 Å². The van der Waals surface area contributed by atoms with Gasteiger partial charge in [0.05, 0.1) is 16.9 Å². The van der Waals surface area contributed by atoms with Crippen LogP contribution in [-0.2, 0) is 9.53 Å². The summed E-state index contributed by atoms with van der Waals surface area (Å²) in [6.07, 6.45) is -1.12. The maximum absolute atomic E-state index is 13.6. The number of esters is 1. The number of rotatable bonds is 8. The topological polar surface area (TPSA) is 137 Å². The molecule has 1 heterocycles. The van der Waals surface area contributed by atoms with E-state index in [0.717, 1.165) is 12.1 Å². The molecule has 0 fully saturated rings. The molecule has 0 saturated carbocycles. The summed E-state index contributed by atoms with van der Waals surface area (Å²) in [5.74, 6) is -3.22. The van der Waals surface area contributed by atoms with E-state index >= 15 is 0 Å². The maximum atomic E-state index is 13.6. The van der Waals surface area contributed by atoms with E-state index in [1.807, 2.05) is 0 Å². The van der Waals surface area contributed by atoms with E-state index in [-0.39, 0.29) is 36.0 Å². The van der Waals surface area contributed by atoms with Gasteiger partial charge in [0, 0.05) is 30.3 Å². The van der Waals surface area contributed by atoms with Crippen LogP contribution < -0.4 is 5.32 Å². The number of halogens is 2. The van der Waals surface area contributed by atoms with Crippen molar-refractivity contribution in [2.45, 2.75) is 19.4 Å². The predicted octanol–water partition coefficient (Wildman–Crippen LogP) is 3.35. The van der Waals surface area contributed by atoms with Crippen molar-refractivity contribution in [3.63, 3.8) is 0 Å². The van der Waals surface area contributed by atoms with Gasteiger partial charge in [0.25, 0.3) is 17.5 Å². The van der Waals surface area contributed by atoms with Crippen LogP contribution in [0, 0.1) is 21.7 Å². The predicted molar refractivity (Wildman–Crippen MR) is 104 cm³/mol. The van der Waals surface area contributed by atoms with E-state index in [2.05, 4.69) is 15.5 Å². The first-order valence-electron chi connectivity index (χ1n) is 9.25. The number of benzene rings is 2. The van der Waals surface area contributed by atoms with E-state index < -0.39 is 34.5 Å². The SMILES string of the molecule is CC(OC(=O)CCNC(=O)c1ccc(F)cc1F)c1nnc(-c2ccc([N+](=O)[O-])cc2)o1. The molecular formula is C20H16F2N4O6. The third kappa shape index (κ3) is 5.47. The normalized spacial score (nSPS) is 11.6. The standard InChI is InChI=1S/C20H16F2N4O6/c1-11(19-24-25-20(32-19)12-2-5-14(6-3-12)26(29)30)31-17(27)8-9-23-18(28)15-7-4-13(21)10-16(15)22/h2-7,10-11H,8-9H2,1H3,(H,23,28). The van der Waals surface area contributed by atoms with Crippen LogP contribution in [0.1, 0.15) is 35.7 Å². The summed E-state index contributed by atoms with van der Waals surface area (Å²) in [6, 6.07) is 7.99. The second-order valence-electron chi connectivity index (χ2n) is 6.51. The largest absolute Gasteiger partial charge is 0.453 e. The Morgan fingerprint density at radius 3 is 2.56 bits per heavy atom. The molecule has 0 aliphatic rings. The number of nitro groups is 1. The van der Waals surface area contributed by atoms with Crippen LogP contribution in [0.3, 0.4) is 0 Å².